The maximum absolute atomic E-state index is 12.6. The first-order chi connectivity index (χ1) is 9.68. The van der Waals surface area contributed by atoms with Crippen molar-refractivity contribution in [3.8, 4) is 0 Å². The van der Waals surface area contributed by atoms with Crippen molar-refractivity contribution in [3.63, 3.8) is 0 Å². The number of allylic oxidation sites excluding steroid dienone is 1. The van der Waals surface area contributed by atoms with Crippen LogP contribution < -0.4 is 0 Å². The van der Waals surface area contributed by atoms with Crippen molar-refractivity contribution in [1.29, 1.82) is 0 Å². The minimum atomic E-state index is 0.00668. The van der Waals surface area contributed by atoms with Gasteiger partial charge < -0.3 is 0 Å². The molecule has 0 unspecified atom stereocenters. The number of benzene rings is 1. The van der Waals surface area contributed by atoms with E-state index in [9.17, 15) is 9.59 Å². The van der Waals surface area contributed by atoms with Crippen LogP contribution in [0.3, 0.4) is 0 Å². The minimum Gasteiger partial charge on any atom is -0.299 e. The van der Waals surface area contributed by atoms with Gasteiger partial charge in [0.1, 0.15) is 0 Å². The lowest BCUT2D eigenvalue weighted by molar-refractivity contribution is 0.0964. The van der Waals surface area contributed by atoms with E-state index in [0.717, 1.165) is 13.1 Å². The minimum absolute atomic E-state index is 0.00668. The van der Waals surface area contributed by atoms with Gasteiger partial charge in [0, 0.05) is 28.8 Å². The molecule has 1 saturated heterocycles. The molecule has 1 aliphatic carbocycles. The van der Waals surface area contributed by atoms with Gasteiger partial charge in [-0.3, -0.25) is 14.5 Å². The molecule has 3 nitrogen and oxygen atoms in total. The summed E-state index contributed by atoms with van der Waals surface area (Å²) < 4.78 is 0. The lowest BCUT2D eigenvalue weighted by Crippen LogP contribution is -2.35. The van der Waals surface area contributed by atoms with Crippen molar-refractivity contribution in [1.82, 2.24) is 4.90 Å². The molecule has 1 aliphatic heterocycles. The summed E-state index contributed by atoms with van der Waals surface area (Å²) in [6, 6.07) is 7.14. The maximum atomic E-state index is 12.6. The van der Waals surface area contributed by atoms with Crippen LogP contribution in [0.4, 0.5) is 0 Å². The third kappa shape index (κ3) is 2.22. The van der Waals surface area contributed by atoms with Crippen molar-refractivity contribution in [2.75, 3.05) is 19.6 Å². The number of piperidine rings is 1. The average molecular weight is 269 g/mol. The van der Waals surface area contributed by atoms with E-state index < -0.39 is 0 Å². The second-order valence-electron chi connectivity index (χ2n) is 5.64. The summed E-state index contributed by atoms with van der Waals surface area (Å²) in [5, 5.41) is 0. The van der Waals surface area contributed by atoms with E-state index in [1.54, 1.807) is 19.1 Å². The normalized spacial score (nSPS) is 20.2. The van der Waals surface area contributed by atoms with E-state index in [2.05, 4.69) is 4.90 Å². The van der Waals surface area contributed by atoms with Crippen molar-refractivity contribution in [2.45, 2.75) is 26.2 Å². The highest BCUT2D eigenvalue weighted by Gasteiger charge is 2.30. The van der Waals surface area contributed by atoms with E-state index in [1.807, 2.05) is 12.1 Å². The van der Waals surface area contributed by atoms with Crippen molar-refractivity contribution in [3.05, 3.63) is 46.5 Å². The predicted octanol–water partition coefficient (Wildman–Crippen LogP) is 2.87. The van der Waals surface area contributed by atoms with Gasteiger partial charge in [0.2, 0.25) is 0 Å². The fraction of sp³-hybridized carbons (Fsp3) is 0.412. The molecule has 1 aromatic rings. The van der Waals surface area contributed by atoms with Crippen molar-refractivity contribution < 1.29 is 9.59 Å². The van der Waals surface area contributed by atoms with Crippen LogP contribution >= 0.6 is 0 Å². The standard InChI is InChI=1S/C17H19NO2/c1-12-15(11-18-9-5-2-6-10-18)17(20)14-8-4-3-7-13(14)16(12)19/h3-4,7-8H,2,5-6,9-11H2,1H3. The van der Waals surface area contributed by atoms with E-state index in [-0.39, 0.29) is 11.6 Å². The van der Waals surface area contributed by atoms with Crippen LogP contribution in [0.5, 0.6) is 0 Å². The molecule has 0 bridgehead atoms. The molecular weight excluding hydrogens is 250 g/mol. The summed E-state index contributed by atoms with van der Waals surface area (Å²) in [5.74, 6) is 0.0375. The Labute approximate surface area is 119 Å². The molecule has 1 heterocycles. The Hall–Kier alpha value is -1.74. The first-order valence-corrected chi connectivity index (χ1v) is 7.29. The van der Waals surface area contributed by atoms with Crippen LogP contribution in [0.25, 0.3) is 0 Å². The lowest BCUT2D eigenvalue weighted by atomic mass is 9.84. The van der Waals surface area contributed by atoms with Crippen LogP contribution in [0.15, 0.2) is 35.4 Å². The summed E-state index contributed by atoms with van der Waals surface area (Å²) >= 11 is 0. The molecule has 3 rings (SSSR count). The number of ketones is 2. The number of rotatable bonds is 2. The van der Waals surface area contributed by atoms with Gasteiger partial charge in [0.15, 0.2) is 11.6 Å². The van der Waals surface area contributed by atoms with E-state index in [4.69, 9.17) is 0 Å². The van der Waals surface area contributed by atoms with Gasteiger partial charge in [-0.15, -0.1) is 0 Å². The lowest BCUT2D eigenvalue weighted by Gasteiger charge is -2.29. The summed E-state index contributed by atoms with van der Waals surface area (Å²) in [6.07, 6.45) is 3.64. The third-order valence-corrected chi connectivity index (χ3v) is 4.31. The summed E-state index contributed by atoms with van der Waals surface area (Å²) in [4.78, 5) is 27.3. The van der Waals surface area contributed by atoms with Gasteiger partial charge >= 0.3 is 0 Å². The molecule has 2 aliphatic rings. The molecule has 0 N–H and O–H groups in total. The number of hydrogen-bond donors (Lipinski definition) is 0. The Balaban J connectivity index is 1.92. The predicted molar refractivity (Wildman–Crippen MR) is 78.1 cm³/mol. The number of carbonyl (C=O) groups excluding carboxylic acids is 2. The van der Waals surface area contributed by atoms with Crippen LogP contribution in [0.2, 0.25) is 0 Å². The number of nitrogens with zero attached hydrogens (tertiary/aromatic N) is 1. The Bertz CT molecular complexity index is 595. The zero-order chi connectivity index (χ0) is 14.1. The van der Waals surface area contributed by atoms with Crippen LogP contribution in [-0.2, 0) is 0 Å². The highest BCUT2D eigenvalue weighted by molar-refractivity contribution is 6.26. The van der Waals surface area contributed by atoms with Gasteiger partial charge in [-0.05, 0) is 32.9 Å². The maximum Gasteiger partial charge on any atom is 0.191 e. The summed E-state index contributed by atoms with van der Waals surface area (Å²) in [7, 11) is 0. The molecule has 0 amide bonds. The average Bonchev–Trinajstić information content (AvgIpc) is 2.50. The zero-order valence-corrected chi connectivity index (χ0v) is 11.8. The molecule has 1 aromatic carbocycles. The van der Waals surface area contributed by atoms with Crippen molar-refractivity contribution >= 4 is 11.6 Å². The number of hydrogen-bond acceptors (Lipinski definition) is 3. The Kier molecular flexibility index (Phi) is 3.53. The summed E-state index contributed by atoms with van der Waals surface area (Å²) in [6.45, 7) is 4.46. The third-order valence-electron chi connectivity index (χ3n) is 4.31. The smallest absolute Gasteiger partial charge is 0.191 e. The number of fused-ring (bicyclic) bond motifs is 1. The first-order valence-electron chi connectivity index (χ1n) is 7.29. The van der Waals surface area contributed by atoms with E-state index in [1.165, 1.54) is 19.3 Å². The SMILES string of the molecule is CC1=C(CN2CCCCC2)C(=O)c2ccccc2C1=O. The molecule has 0 atom stereocenters. The quantitative estimate of drug-likeness (QED) is 0.828. The fourth-order valence-electron chi connectivity index (χ4n) is 3.08. The van der Waals surface area contributed by atoms with Crippen LogP contribution in [-0.4, -0.2) is 36.1 Å². The van der Waals surface area contributed by atoms with Crippen LogP contribution in [0.1, 0.15) is 46.9 Å². The fourth-order valence-corrected chi connectivity index (χ4v) is 3.08. The van der Waals surface area contributed by atoms with Gasteiger partial charge in [-0.1, -0.05) is 30.7 Å². The topological polar surface area (TPSA) is 37.4 Å². The number of likely N-dealkylation sites (tertiary alicyclic amines) is 1. The molecule has 0 saturated carbocycles. The Morgan fingerprint density at radius 3 is 2.20 bits per heavy atom. The Morgan fingerprint density at radius 1 is 0.950 bits per heavy atom. The zero-order valence-electron chi connectivity index (χ0n) is 11.8. The van der Waals surface area contributed by atoms with Gasteiger partial charge in [-0.2, -0.15) is 0 Å². The number of Topliss-reactive ketones (excluding diaryl/α,β-unsaturated/α-hetero) is 2. The van der Waals surface area contributed by atoms with E-state index >= 15 is 0 Å². The van der Waals surface area contributed by atoms with Gasteiger partial charge in [0.25, 0.3) is 0 Å². The molecule has 0 aromatic heterocycles. The molecule has 20 heavy (non-hydrogen) atoms. The largest absolute Gasteiger partial charge is 0.299 e. The molecule has 3 heteroatoms. The first kappa shape index (κ1) is 13.3. The summed E-state index contributed by atoms with van der Waals surface area (Å²) in [5.41, 5.74) is 2.43. The molecule has 1 fully saturated rings. The number of carbonyl (C=O) groups is 2. The van der Waals surface area contributed by atoms with E-state index in [0.29, 0.717) is 28.8 Å². The molecule has 0 radical (unpaired) electrons. The monoisotopic (exact) mass is 269 g/mol. The molecule has 0 spiro atoms. The highest BCUT2D eigenvalue weighted by atomic mass is 16.1. The molecule has 104 valence electrons. The van der Waals surface area contributed by atoms with Gasteiger partial charge in [-0.25, -0.2) is 0 Å². The van der Waals surface area contributed by atoms with Gasteiger partial charge in [0.05, 0.1) is 0 Å². The highest BCUT2D eigenvalue weighted by Crippen LogP contribution is 2.27. The molecular formula is C17H19NO2. The van der Waals surface area contributed by atoms with Crippen molar-refractivity contribution in [2.24, 2.45) is 0 Å². The second kappa shape index (κ2) is 5.33. The van der Waals surface area contributed by atoms with Crippen LogP contribution in [0, 0.1) is 0 Å². The Morgan fingerprint density at radius 2 is 1.55 bits per heavy atom. The second-order valence-corrected chi connectivity index (χ2v) is 5.64.